The van der Waals surface area contributed by atoms with Gasteiger partial charge in [0.15, 0.2) is 11.5 Å². The van der Waals surface area contributed by atoms with Crippen molar-refractivity contribution in [3.05, 3.63) is 65.3 Å². The Labute approximate surface area is 322 Å². The Hall–Kier alpha value is -4.73. The summed E-state index contributed by atoms with van der Waals surface area (Å²) in [6, 6.07) is 8.41. The van der Waals surface area contributed by atoms with Crippen molar-refractivity contribution in [2.75, 3.05) is 59.8 Å². The van der Waals surface area contributed by atoms with Crippen LogP contribution in [0.15, 0.2) is 53.5 Å². The van der Waals surface area contributed by atoms with Crippen molar-refractivity contribution in [2.45, 2.75) is 70.2 Å². The maximum atomic E-state index is 11.0. The zero-order valence-corrected chi connectivity index (χ0v) is 33.5. The van der Waals surface area contributed by atoms with Crippen molar-refractivity contribution in [3.63, 3.8) is 0 Å². The number of hydrogen-bond acceptors (Lipinski definition) is 11. The third kappa shape index (κ3) is 16.9. The van der Waals surface area contributed by atoms with Crippen LogP contribution in [0.1, 0.15) is 64.7 Å². The molecular formula is C39H56N2O12S. The highest BCUT2D eigenvalue weighted by atomic mass is 32.2. The summed E-state index contributed by atoms with van der Waals surface area (Å²) < 4.78 is 16.6. The highest BCUT2D eigenvalue weighted by Gasteiger charge is 2.27. The van der Waals surface area contributed by atoms with Gasteiger partial charge in [-0.3, -0.25) is 4.90 Å². The third-order valence-electron chi connectivity index (χ3n) is 7.97. The topological polar surface area (TPSA) is 204 Å². The minimum absolute atomic E-state index is 0.0959. The van der Waals surface area contributed by atoms with Crippen LogP contribution in [0.3, 0.4) is 0 Å². The number of piperazine rings is 1. The molecule has 300 valence electrons. The number of carboxylic acid groups (broad SMARTS) is 4. The molecule has 1 fully saturated rings. The molecule has 0 radical (unpaired) electrons. The van der Waals surface area contributed by atoms with Gasteiger partial charge in [-0.05, 0) is 47.7 Å². The largest absolute Gasteiger partial charge is 0.507 e. The lowest BCUT2D eigenvalue weighted by Crippen LogP contribution is -2.46. The SMILES string of the molecule is COc1ccc(CN2CCN(CCCSc3cc(C(C)(C)C)c(O)c(C(C)(C)C)c3)CC2)c(OC)c1OC.O=C(O)/C=C/C(=O)O.O=C(O)/C=C/C(=O)O. The Morgan fingerprint density at radius 2 is 1.11 bits per heavy atom. The molecular weight excluding hydrogens is 720 g/mol. The summed E-state index contributed by atoms with van der Waals surface area (Å²) in [5.41, 5.74) is 3.00. The number of benzene rings is 2. The van der Waals surface area contributed by atoms with Gasteiger partial charge in [-0.2, -0.15) is 0 Å². The smallest absolute Gasteiger partial charge is 0.328 e. The molecule has 0 amide bonds. The Bertz CT molecular complexity index is 1520. The van der Waals surface area contributed by atoms with Gasteiger partial charge in [0, 0.05) is 78.6 Å². The number of carboxylic acids is 4. The second kappa shape index (κ2) is 22.5. The number of phenols is 1. The molecule has 0 spiro atoms. The number of aromatic hydroxyl groups is 1. The van der Waals surface area contributed by atoms with E-state index in [9.17, 15) is 24.3 Å². The number of phenolic OH excluding ortho intramolecular Hbond substituents is 1. The van der Waals surface area contributed by atoms with Crippen molar-refractivity contribution < 1.29 is 58.9 Å². The molecule has 1 saturated heterocycles. The summed E-state index contributed by atoms with van der Waals surface area (Å²) in [5, 5.41) is 42.2. The van der Waals surface area contributed by atoms with Crippen molar-refractivity contribution in [1.29, 1.82) is 0 Å². The van der Waals surface area contributed by atoms with Gasteiger partial charge in [-0.15, -0.1) is 11.8 Å². The van der Waals surface area contributed by atoms with Crippen LogP contribution in [0.2, 0.25) is 0 Å². The number of ether oxygens (including phenoxy) is 3. The molecule has 1 aliphatic heterocycles. The van der Waals surface area contributed by atoms with Crippen LogP contribution >= 0.6 is 11.8 Å². The Balaban J connectivity index is 0.000000757. The molecule has 1 aliphatic rings. The summed E-state index contributed by atoms with van der Waals surface area (Å²) in [7, 11) is 4.98. The van der Waals surface area contributed by atoms with Gasteiger partial charge in [0.2, 0.25) is 5.75 Å². The van der Waals surface area contributed by atoms with Crippen molar-refractivity contribution in [3.8, 4) is 23.0 Å². The molecule has 0 bridgehead atoms. The Morgan fingerprint density at radius 3 is 1.48 bits per heavy atom. The number of carbonyl (C=O) groups is 4. The maximum absolute atomic E-state index is 11.0. The predicted octanol–water partition coefficient (Wildman–Crippen LogP) is 5.74. The molecule has 2 aromatic rings. The van der Waals surface area contributed by atoms with Gasteiger partial charge in [-0.25, -0.2) is 19.2 Å². The first-order valence-electron chi connectivity index (χ1n) is 17.2. The van der Waals surface area contributed by atoms with E-state index in [1.165, 1.54) is 4.90 Å². The molecule has 0 aliphatic carbocycles. The van der Waals surface area contributed by atoms with E-state index >= 15 is 0 Å². The fourth-order valence-electron chi connectivity index (χ4n) is 5.30. The van der Waals surface area contributed by atoms with Crippen LogP contribution in [-0.4, -0.2) is 119 Å². The van der Waals surface area contributed by atoms with Crippen LogP contribution in [0.4, 0.5) is 0 Å². The van der Waals surface area contributed by atoms with E-state index in [-0.39, 0.29) is 10.8 Å². The summed E-state index contributed by atoms with van der Waals surface area (Å²) in [5.74, 6) is -1.41. The van der Waals surface area contributed by atoms with E-state index in [1.54, 1.807) is 21.3 Å². The monoisotopic (exact) mass is 776 g/mol. The van der Waals surface area contributed by atoms with Gasteiger partial charge in [0.25, 0.3) is 0 Å². The quantitative estimate of drug-likeness (QED) is 0.0883. The van der Waals surface area contributed by atoms with Gasteiger partial charge < -0.3 is 44.6 Å². The third-order valence-corrected chi connectivity index (χ3v) is 9.03. The normalized spacial score (nSPS) is 13.7. The summed E-state index contributed by atoms with van der Waals surface area (Å²) in [6.45, 7) is 19.2. The first kappa shape index (κ1) is 47.3. The lowest BCUT2D eigenvalue weighted by molar-refractivity contribution is -0.134. The van der Waals surface area contributed by atoms with E-state index in [1.807, 2.05) is 17.8 Å². The molecule has 5 N–H and O–H groups in total. The molecule has 0 aromatic heterocycles. The second-order valence-electron chi connectivity index (χ2n) is 14.2. The Kier molecular flexibility index (Phi) is 19.7. The number of thioether (sulfide) groups is 1. The van der Waals surface area contributed by atoms with E-state index in [0.29, 0.717) is 41.6 Å². The zero-order valence-electron chi connectivity index (χ0n) is 32.7. The minimum atomic E-state index is -1.26. The van der Waals surface area contributed by atoms with E-state index in [4.69, 9.17) is 34.6 Å². The molecule has 1 heterocycles. The maximum Gasteiger partial charge on any atom is 0.328 e. The molecule has 3 rings (SSSR count). The second-order valence-corrected chi connectivity index (χ2v) is 15.4. The molecule has 15 heteroatoms. The van der Waals surface area contributed by atoms with Crippen LogP contribution < -0.4 is 14.2 Å². The van der Waals surface area contributed by atoms with Crippen molar-refractivity contribution >= 4 is 35.6 Å². The number of nitrogens with zero attached hydrogens (tertiary/aromatic N) is 2. The first-order valence-corrected chi connectivity index (χ1v) is 18.1. The average Bonchev–Trinajstić information content (AvgIpc) is 3.08. The van der Waals surface area contributed by atoms with Gasteiger partial charge in [0.1, 0.15) is 5.75 Å². The van der Waals surface area contributed by atoms with Crippen LogP contribution in [0.25, 0.3) is 0 Å². The first-order chi connectivity index (χ1) is 25.1. The van der Waals surface area contributed by atoms with E-state index < -0.39 is 23.9 Å². The number of rotatable bonds is 14. The Morgan fingerprint density at radius 1 is 0.685 bits per heavy atom. The molecule has 0 atom stereocenters. The van der Waals surface area contributed by atoms with Gasteiger partial charge in [-0.1, -0.05) is 47.6 Å². The van der Waals surface area contributed by atoms with E-state index in [0.717, 1.165) is 73.9 Å². The summed E-state index contributed by atoms with van der Waals surface area (Å²) in [4.78, 5) is 44.5. The molecule has 54 heavy (non-hydrogen) atoms. The van der Waals surface area contributed by atoms with Crippen LogP contribution in [0, 0.1) is 0 Å². The predicted molar refractivity (Wildman–Crippen MR) is 207 cm³/mol. The van der Waals surface area contributed by atoms with Gasteiger partial charge in [0.05, 0.1) is 21.3 Å². The number of methoxy groups -OCH3 is 3. The molecule has 0 saturated carbocycles. The van der Waals surface area contributed by atoms with E-state index in [2.05, 4.69) is 69.5 Å². The van der Waals surface area contributed by atoms with Gasteiger partial charge >= 0.3 is 23.9 Å². The average molecular weight is 777 g/mol. The fourth-order valence-corrected chi connectivity index (χ4v) is 6.21. The standard InChI is InChI=1S/C31H48N2O4S.2C4H4O4/c1-30(2,3)24-19-23(20-25(27(24)34)31(4,5)6)38-18-10-13-32-14-16-33(17-15-32)21-22-11-12-26(35-7)29(37-9)28(22)36-8;2*5-3(6)1-2-4(7)8/h11-12,19-20,34H,10,13-18,21H2,1-9H3;2*1-2H,(H,5,6)(H,7,8)/b;2*2-1+. The minimum Gasteiger partial charge on any atom is -0.507 e. The van der Waals surface area contributed by atoms with Crippen molar-refractivity contribution in [1.82, 2.24) is 9.80 Å². The van der Waals surface area contributed by atoms with Crippen molar-refractivity contribution in [2.24, 2.45) is 0 Å². The van der Waals surface area contributed by atoms with Crippen LogP contribution in [-0.2, 0) is 36.6 Å². The molecule has 2 aromatic carbocycles. The zero-order chi connectivity index (χ0) is 41.2. The number of hydrogen-bond donors (Lipinski definition) is 5. The lowest BCUT2D eigenvalue weighted by atomic mass is 9.79. The molecule has 14 nitrogen and oxygen atoms in total. The highest BCUT2D eigenvalue weighted by Crippen LogP contribution is 2.42. The lowest BCUT2D eigenvalue weighted by Gasteiger charge is -2.35. The number of aliphatic carboxylic acids is 4. The highest BCUT2D eigenvalue weighted by molar-refractivity contribution is 7.99. The fraction of sp³-hybridized carbons (Fsp3) is 0.487. The van der Waals surface area contributed by atoms with Crippen LogP contribution in [0.5, 0.6) is 23.0 Å². The summed E-state index contributed by atoms with van der Waals surface area (Å²) in [6.07, 6.45) is 3.38. The molecule has 0 unspecified atom stereocenters. The summed E-state index contributed by atoms with van der Waals surface area (Å²) >= 11 is 1.91.